The first-order chi connectivity index (χ1) is 10.0. The molecule has 0 aliphatic carbocycles. The van der Waals surface area contributed by atoms with E-state index in [0.29, 0.717) is 23.1 Å². The first-order valence-corrected chi connectivity index (χ1v) is 6.86. The number of amides is 1. The Bertz CT molecular complexity index is 676. The van der Waals surface area contributed by atoms with Gasteiger partial charge in [0.25, 0.3) is 5.91 Å². The summed E-state index contributed by atoms with van der Waals surface area (Å²) in [6, 6.07) is 6.43. The molecular formula is C15H15ClFN3O. The zero-order valence-electron chi connectivity index (χ0n) is 11.7. The van der Waals surface area contributed by atoms with Gasteiger partial charge >= 0.3 is 0 Å². The molecule has 0 bridgehead atoms. The van der Waals surface area contributed by atoms with Crippen LogP contribution in [0.4, 0.5) is 15.9 Å². The Morgan fingerprint density at radius 3 is 2.86 bits per heavy atom. The van der Waals surface area contributed by atoms with Gasteiger partial charge in [-0.1, -0.05) is 17.7 Å². The van der Waals surface area contributed by atoms with Crippen LogP contribution in [-0.4, -0.2) is 17.4 Å². The van der Waals surface area contributed by atoms with Crippen LogP contribution in [0.3, 0.4) is 0 Å². The summed E-state index contributed by atoms with van der Waals surface area (Å²) < 4.78 is 13.3. The van der Waals surface area contributed by atoms with Gasteiger partial charge in [0, 0.05) is 6.54 Å². The van der Waals surface area contributed by atoms with Crippen LogP contribution in [0, 0.1) is 12.7 Å². The summed E-state index contributed by atoms with van der Waals surface area (Å²) in [7, 11) is 0. The molecule has 1 aromatic carbocycles. The van der Waals surface area contributed by atoms with Gasteiger partial charge in [-0.25, -0.2) is 9.37 Å². The molecule has 1 heterocycles. The topological polar surface area (TPSA) is 54.0 Å². The number of pyridine rings is 1. The van der Waals surface area contributed by atoms with E-state index >= 15 is 0 Å². The molecule has 0 fully saturated rings. The highest BCUT2D eigenvalue weighted by Gasteiger charge is 2.15. The van der Waals surface area contributed by atoms with Crippen LogP contribution in [0.2, 0.25) is 5.02 Å². The number of hydrogen-bond acceptors (Lipinski definition) is 3. The van der Waals surface area contributed by atoms with E-state index in [1.807, 2.05) is 19.9 Å². The second-order valence-corrected chi connectivity index (χ2v) is 4.92. The highest BCUT2D eigenvalue weighted by Crippen LogP contribution is 2.24. The van der Waals surface area contributed by atoms with E-state index in [1.54, 1.807) is 12.1 Å². The number of nitrogens with one attached hydrogen (secondary N) is 2. The van der Waals surface area contributed by atoms with E-state index in [4.69, 9.17) is 11.6 Å². The molecule has 0 aliphatic heterocycles. The molecule has 4 nitrogen and oxygen atoms in total. The predicted molar refractivity (Wildman–Crippen MR) is 82.5 cm³/mol. The quantitative estimate of drug-likeness (QED) is 0.901. The van der Waals surface area contributed by atoms with Gasteiger partial charge in [0.1, 0.15) is 11.6 Å². The molecule has 0 atom stereocenters. The Morgan fingerprint density at radius 1 is 1.38 bits per heavy atom. The van der Waals surface area contributed by atoms with Gasteiger partial charge < -0.3 is 10.6 Å². The van der Waals surface area contributed by atoms with Crippen LogP contribution in [-0.2, 0) is 0 Å². The van der Waals surface area contributed by atoms with Gasteiger partial charge in [0.2, 0.25) is 0 Å². The van der Waals surface area contributed by atoms with Gasteiger partial charge in [-0.2, -0.15) is 0 Å². The lowest BCUT2D eigenvalue weighted by molar-refractivity contribution is 0.102. The van der Waals surface area contributed by atoms with E-state index in [9.17, 15) is 9.18 Å². The van der Waals surface area contributed by atoms with Crippen LogP contribution >= 0.6 is 11.6 Å². The van der Waals surface area contributed by atoms with Gasteiger partial charge in [-0.15, -0.1) is 0 Å². The van der Waals surface area contributed by atoms with Crippen LogP contribution in [0.5, 0.6) is 0 Å². The summed E-state index contributed by atoms with van der Waals surface area (Å²) in [6.07, 6.45) is 1.06. The van der Waals surface area contributed by atoms with E-state index in [-0.39, 0.29) is 5.56 Å². The van der Waals surface area contributed by atoms with Crippen molar-refractivity contribution in [2.24, 2.45) is 0 Å². The molecule has 6 heteroatoms. The largest absolute Gasteiger partial charge is 0.370 e. The van der Waals surface area contributed by atoms with Crippen molar-refractivity contribution in [1.82, 2.24) is 4.98 Å². The Kier molecular flexibility index (Phi) is 4.75. The number of benzene rings is 1. The smallest absolute Gasteiger partial charge is 0.259 e. The number of aryl methyl sites for hydroxylation is 1. The number of nitrogens with zero attached hydrogens (tertiary/aromatic N) is 1. The summed E-state index contributed by atoms with van der Waals surface area (Å²) in [5.41, 5.74) is 1.57. The minimum absolute atomic E-state index is 0.134. The molecule has 2 rings (SSSR count). The molecular weight excluding hydrogens is 293 g/mol. The van der Waals surface area contributed by atoms with Gasteiger partial charge in [0.05, 0.1) is 22.5 Å². The lowest BCUT2D eigenvalue weighted by atomic mass is 10.2. The van der Waals surface area contributed by atoms with Gasteiger partial charge in [-0.3, -0.25) is 4.79 Å². The Labute approximate surface area is 127 Å². The maximum Gasteiger partial charge on any atom is 0.259 e. The standard InChI is InChI=1S/C15H15ClFN3O/c1-3-18-14-11(7-10(17)8-19-14)15(21)20-13-6-9(2)4-5-12(13)16/h4-8H,3H2,1-2H3,(H,18,19)(H,20,21). The molecule has 0 aliphatic rings. The second kappa shape index (κ2) is 6.54. The highest BCUT2D eigenvalue weighted by molar-refractivity contribution is 6.34. The fourth-order valence-electron chi connectivity index (χ4n) is 1.85. The van der Waals surface area contributed by atoms with Crippen LogP contribution < -0.4 is 10.6 Å². The minimum atomic E-state index is -0.572. The van der Waals surface area contributed by atoms with E-state index < -0.39 is 11.7 Å². The molecule has 0 radical (unpaired) electrons. The number of rotatable bonds is 4. The third-order valence-electron chi connectivity index (χ3n) is 2.81. The van der Waals surface area contributed by atoms with E-state index in [1.165, 1.54) is 0 Å². The lowest BCUT2D eigenvalue weighted by Crippen LogP contribution is -2.16. The number of halogens is 2. The molecule has 110 valence electrons. The minimum Gasteiger partial charge on any atom is -0.370 e. The lowest BCUT2D eigenvalue weighted by Gasteiger charge is -2.11. The number of anilines is 2. The number of hydrogen-bond donors (Lipinski definition) is 2. The van der Waals surface area contributed by atoms with Crippen molar-refractivity contribution >= 4 is 29.0 Å². The predicted octanol–water partition coefficient (Wildman–Crippen LogP) is 3.87. The number of aromatic nitrogens is 1. The molecule has 21 heavy (non-hydrogen) atoms. The average Bonchev–Trinajstić information content (AvgIpc) is 2.45. The zero-order valence-corrected chi connectivity index (χ0v) is 12.5. The molecule has 1 aromatic heterocycles. The number of carbonyl (C=O) groups is 1. The van der Waals surface area contributed by atoms with Crippen molar-refractivity contribution in [1.29, 1.82) is 0 Å². The van der Waals surface area contributed by atoms with Crippen molar-refractivity contribution in [2.45, 2.75) is 13.8 Å². The van der Waals surface area contributed by atoms with Gasteiger partial charge in [0.15, 0.2) is 0 Å². The first-order valence-electron chi connectivity index (χ1n) is 6.48. The molecule has 1 amide bonds. The number of carbonyl (C=O) groups excluding carboxylic acids is 1. The summed E-state index contributed by atoms with van der Waals surface area (Å²) in [4.78, 5) is 16.2. The summed E-state index contributed by atoms with van der Waals surface area (Å²) in [5.74, 6) is -0.706. The maximum atomic E-state index is 13.3. The normalized spacial score (nSPS) is 10.3. The molecule has 0 spiro atoms. The zero-order chi connectivity index (χ0) is 15.4. The monoisotopic (exact) mass is 307 g/mol. The first kappa shape index (κ1) is 15.3. The summed E-state index contributed by atoms with van der Waals surface area (Å²) in [5, 5.41) is 6.02. The van der Waals surface area contributed by atoms with Crippen LogP contribution in [0.25, 0.3) is 0 Å². The SMILES string of the molecule is CCNc1ncc(F)cc1C(=O)Nc1cc(C)ccc1Cl. The molecule has 2 N–H and O–H groups in total. The van der Waals surface area contributed by atoms with Crippen molar-refractivity contribution in [2.75, 3.05) is 17.2 Å². The molecule has 0 saturated heterocycles. The third kappa shape index (κ3) is 3.70. The second-order valence-electron chi connectivity index (χ2n) is 4.52. The van der Waals surface area contributed by atoms with Crippen molar-refractivity contribution < 1.29 is 9.18 Å². The summed E-state index contributed by atoms with van der Waals surface area (Å²) >= 11 is 6.04. The molecule has 2 aromatic rings. The average molecular weight is 308 g/mol. The van der Waals surface area contributed by atoms with Crippen LogP contribution in [0.1, 0.15) is 22.8 Å². The van der Waals surface area contributed by atoms with E-state index in [0.717, 1.165) is 17.8 Å². The fraction of sp³-hybridized carbons (Fsp3) is 0.200. The van der Waals surface area contributed by atoms with Crippen molar-refractivity contribution in [3.8, 4) is 0 Å². The maximum absolute atomic E-state index is 13.3. The Balaban J connectivity index is 2.31. The Hall–Kier alpha value is -2.14. The third-order valence-corrected chi connectivity index (χ3v) is 3.14. The highest BCUT2D eigenvalue weighted by atomic mass is 35.5. The Morgan fingerprint density at radius 2 is 2.14 bits per heavy atom. The van der Waals surface area contributed by atoms with Crippen LogP contribution in [0.15, 0.2) is 30.5 Å². The van der Waals surface area contributed by atoms with Crippen molar-refractivity contribution in [3.63, 3.8) is 0 Å². The molecule has 0 unspecified atom stereocenters. The van der Waals surface area contributed by atoms with Gasteiger partial charge in [-0.05, 0) is 37.6 Å². The summed E-state index contributed by atoms with van der Waals surface area (Å²) in [6.45, 7) is 4.33. The fourth-order valence-corrected chi connectivity index (χ4v) is 2.01. The molecule has 0 saturated carbocycles. The van der Waals surface area contributed by atoms with Crippen molar-refractivity contribution in [3.05, 3.63) is 52.4 Å². The van der Waals surface area contributed by atoms with E-state index in [2.05, 4.69) is 15.6 Å².